The summed E-state index contributed by atoms with van der Waals surface area (Å²) in [6, 6.07) is 8.32. The van der Waals surface area contributed by atoms with Crippen LogP contribution in [0, 0.1) is 0 Å². The molecule has 2 aromatic rings. The van der Waals surface area contributed by atoms with Crippen LogP contribution >= 0.6 is 11.3 Å². The zero-order chi connectivity index (χ0) is 11.5. The Bertz CT molecular complexity index is 434. The van der Waals surface area contributed by atoms with E-state index in [9.17, 15) is 5.11 Å². The second-order valence-electron chi connectivity index (χ2n) is 4.12. The molecule has 16 heavy (non-hydrogen) atoms. The van der Waals surface area contributed by atoms with Crippen LogP contribution < -0.4 is 5.32 Å². The SMILES string of the molecule is CC(O)CC(C)Nc1nc2ccccc2s1. The van der Waals surface area contributed by atoms with Crippen molar-refractivity contribution in [2.75, 3.05) is 5.32 Å². The number of para-hydroxylation sites is 1. The van der Waals surface area contributed by atoms with Crippen LogP contribution in [0.15, 0.2) is 24.3 Å². The van der Waals surface area contributed by atoms with Gasteiger partial charge in [-0.1, -0.05) is 23.5 Å². The van der Waals surface area contributed by atoms with Gasteiger partial charge in [0.25, 0.3) is 0 Å². The number of hydrogen-bond donors (Lipinski definition) is 2. The van der Waals surface area contributed by atoms with Gasteiger partial charge in [0.15, 0.2) is 5.13 Å². The third kappa shape index (κ3) is 2.71. The molecule has 2 N–H and O–H groups in total. The normalized spacial score (nSPS) is 14.9. The van der Waals surface area contributed by atoms with Crippen molar-refractivity contribution >= 4 is 26.7 Å². The second-order valence-corrected chi connectivity index (χ2v) is 5.15. The van der Waals surface area contributed by atoms with E-state index in [0.29, 0.717) is 0 Å². The molecular weight excluding hydrogens is 220 g/mol. The molecule has 0 aliphatic carbocycles. The summed E-state index contributed by atoms with van der Waals surface area (Å²) in [6.45, 7) is 3.86. The summed E-state index contributed by atoms with van der Waals surface area (Å²) in [5.41, 5.74) is 1.03. The minimum atomic E-state index is -0.281. The molecule has 0 radical (unpaired) electrons. The van der Waals surface area contributed by atoms with E-state index in [1.54, 1.807) is 18.3 Å². The lowest BCUT2D eigenvalue weighted by atomic mass is 10.2. The van der Waals surface area contributed by atoms with E-state index in [0.717, 1.165) is 17.1 Å². The van der Waals surface area contributed by atoms with Gasteiger partial charge in [-0.25, -0.2) is 4.98 Å². The molecule has 0 aliphatic rings. The van der Waals surface area contributed by atoms with Gasteiger partial charge in [-0.05, 0) is 32.4 Å². The minimum absolute atomic E-state index is 0.237. The number of fused-ring (bicyclic) bond motifs is 1. The predicted octanol–water partition coefficient (Wildman–Crippen LogP) is 2.87. The molecule has 2 rings (SSSR count). The number of aromatic nitrogens is 1. The highest BCUT2D eigenvalue weighted by molar-refractivity contribution is 7.22. The van der Waals surface area contributed by atoms with Crippen molar-refractivity contribution in [2.45, 2.75) is 32.4 Å². The topological polar surface area (TPSA) is 45.1 Å². The van der Waals surface area contributed by atoms with Crippen LogP contribution in [-0.4, -0.2) is 22.2 Å². The number of nitrogens with one attached hydrogen (secondary N) is 1. The molecule has 3 nitrogen and oxygen atoms in total. The van der Waals surface area contributed by atoms with Crippen molar-refractivity contribution in [3.63, 3.8) is 0 Å². The molecule has 0 aliphatic heterocycles. The minimum Gasteiger partial charge on any atom is -0.393 e. The molecule has 0 saturated heterocycles. The van der Waals surface area contributed by atoms with Gasteiger partial charge in [-0.2, -0.15) is 0 Å². The Labute approximate surface area is 99.1 Å². The number of anilines is 1. The molecule has 4 heteroatoms. The van der Waals surface area contributed by atoms with Crippen LogP contribution in [0.1, 0.15) is 20.3 Å². The van der Waals surface area contributed by atoms with Crippen molar-refractivity contribution in [3.8, 4) is 0 Å². The van der Waals surface area contributed by atoms with E-state index in [1.807, 2.05) is 18.2 Å². The summed E-state index contributed by atoms with van der Waals surface area (Å²) < 4.78 is 1.19. The number of aliphatic hydroxyl groups is 1. The Morgan fingerprint density at radius 1 is 1.38 bits per heavy atom. The molecule has 2 atom stereocenters. The predicted molar refractivity (Wildman–Crippen MR) is 69.0 cm³/mol. The Balaban J connectivity index is 2.09. The van der Waals surface area contributed by atoms with E-state index >= 15 is 0 Å². The number of rotatable bonds is 4. The number of nitrogens with zero attached hydrogens (tertiary/aromatic N) is 1. The van der Waals surface area contributed by atoms with E-state index in [4.69, 9.17) is 0 Å². The van der Waals surface area contributed by atoms with Gasteiger partial charge in [0.2, 0.25) is 0 Å². The first-order valence-electron chi connectivity index (χ1n) is 5.45. The first kappa shape index (κ1) is 11.4. The molecule has 86 valence electrons. The van der Waals surface area contributed by atoms with Gasteiger partial charge in [-0.15, -0.1) is 0 Å². The van der Waals surface area contributed by atoms with Crippen molar-refractivity contribution in [1.29, 1.82) is 0 Å². The molecule has 0 spiro atoms. The molecule has 1 aromatic carbocycles. The lowest BCUT2D eigenvalue weighted by Gasteiger charge is -2.13. The van der Waals surface area contributed by atoms with Crippen LogP contribution in [0.4, 0.5) is 5.13 Å². The highest BCUT2D eigenvalue weighted by Gasteiger charge is 2.08. The number of benzene rings is 1. The van der Waals surface area contributed by atoms with Gasteiger partial charge in [-0.3, -0.25) is 0 Å². The van der Waals surface area contributed by atoms with Crippen molar-refractivity contribution in [3.05, 3.63) is 24.3 Å². The molecule has 0 saturated carbocycles. The fraction of sp³-hybridized carbons (Fsp3) is 0.417. The maximum Gasteiger partial charge on any atom is 0.184 e. The lowest BCUT2D eigenvalue weighted by molar-refractivity contribution is 0.179. The Hall–Kier alpha value is -1.13. The smallest absolute Gasteiger partial charge is 0.184 e. The monoisotopic (exact) mass is 236 g/mol. The quantitative estimate of drug-likeness (QED) is 0.858. The summed E-state index contributed by atoms with van der Waals surface area (Å²) >= 11 is 1.65. The Morgan fingerprint density at radius 3 is 2.81 bits per heavy atom. The molecule has 2 unspecified atom stereocenters. The first-order valence-corrected chi connectivity index (χ1v) is 6.27. The highest BCUT2D eigenvalue weighted by atomic mass is 32.1. The van der Waals surface area contributed by atoms with Crippen LogP contribution in [0.5, 0.6) is 0 Å². The van der Waals surface area contributed by atoms with E-state index in [-0.39, 0.29) is 12.1 Å². The highest BCUT2D eigenvalue weighted by Crippen LogP contribution is 2.26. The first-order chi connectivity index (χ1) is 7.65. The maximum atomic E-state index is 9.28. The van der Waals surface area contributed by atoms with E-state index in [1.165, 1.54) is 4.70 Å². The van der Waals surface area contributed by atoms with Crippen LogP contribution in [0.3, 0.4) is 0 Å². The summed E-state index contributed by atoms with van der Waals surface area (Å²) in [7, 11) is 0. The van der Waals surface area contributed by atoms with Gasteiger partial charge in [0.05, 0.1) is 16.3 Å². The second kappa shape index (κ2) is 4.80. The van der Waals surface area contributed by atoms with Gasteiger partial charge in [0.1, 0.15) is 0 Å². The molecule has 0 fully saturated rings. The number of thiazole rings is 1. The summed E-state index contributed by atoms with van der Waals surface area (Å²) in [5.74, 6) is 0. The van der Waals surface area contributed by atoms with Gasteiger partial charge < -0.3 is 10.4 Å². The summed E-state index contributed by atoms with van der Waals surface area (Å²) in [5, 5.41) is 13.5. The summed E-state index contributed by atoms with van der Waals surface area (Å²) in [6.07, 6.45) is 0.451. The zero-order valence-electron chi connectivity index (χ0n) is 9.47. The Morgan fingerprint density at radius 2 is 2.12 bits per heavy atom. The average Bonchev–Trinajstić information content (AvgIpc) is 2.57. The molecule has 0 amide bonds. The number of hydrogen-bond acceptors (Lipinski definition) is 4. The fourth-order valence-electron chi connectivity index (χ4n) is 1.72. The zero-order valence-corrected chi connectivity index (χ0v) is 10.3. The molecule has 0 bridgehead atoms. The van der Waals surface area contributed by atoms with Crippen LogP contribution in [-0.2, 0) is 0 Å². The average molecular weight is 236 g/mol. The molecule has 1 aromatic heterocycles. The summed E-state index contributed by atoms with van der Waals surface area (Å²) in [4.78, 5) is 4.49. The lowest BCUT2D eigenvalue weighted by Crippen LogP contribution is -2.20. The maximum absolute atomic E-state index is 9.28. The molecular formula is C12H16N2OS. The van der Waals surface area contributed by atoms with Crippen molar-refractivity contribution < 1.29 is 5.11 Å². The third-order valence-corrected chi connectivity index (χ3v) is 3.33. The standard InChI is InChI=1S/C12H16N2OS/c1-8(7-9(2)15)13-12-14-10-5-3-4-6-11(10)16-12/h3-6,8-9,15H,7H2,1-2H3,(H,13,14). The van der Waals surface area contributed by atoms with Gasteiger partial charge in [0, 0.05) is 6.04 Å². The van der Waals surface area contributed by atoms with Crippen LogP contribution in [0.2, 0.25) is 0 Å². The fourth-order valence-corrected chi connectivity index (χ4v) is 2.69. The number of aliphatic hydroxyl groups excluding tert-OH is 1. The van der Waals surface area contributed by atoms with Crippen LogP contribution in [0.25, 0.3) is 10.2 Å². The van der Waals surface area contributed by atoms with Crippen molar-refractivity contribution in [1.82, 2.24) is 4.98 Å². The van der Waals surface area contributed by atoms with E-state index in [2.05, 4.69) is 23.3 Å². The Kier molecular flexibility index (Phi) is 3.41. The largest absolute Gasteiger partial charge is 0.393 e. The van der Waals surface area contributed by atoms with E-state index < -0.39 is 0 Å². The molecule has 1 heterocycles. The third-order valence-electron chi connectivity index (χ3n) is 2.36. The van der Waals surface area contributed by atoms with Crippen molar-refractivity contribution in [2.24, 2.45) is 0 Å². The van der Waals surface area contributed by atoms with Gasteiger partial charge >= 0.3 is 0 Å².